The topological polar surface area (TPSA) is 109 Å². The number of carbonyl (C=O) groups excluding carboxylic acids is 1. The predicted molar refractivity (Wildman–Crippen MR) is 153 cm³/mol. The van der Waals surface area contributed by atoms with Gasteiger partial charge in [-0.05, 0) is 70.0 Å². The second-order valence-electron chi connectivity index (χ2n) is 9.65. The van der Waals surface area contributed by atoms with E-state index in [9.17, 15) is 19.7 Å². The number of fused-ring (bicyclic) bond motifs is 1. The molecule has 0 bridgehead atoms. The fourth-order valence-electron chi connectivity index (χ4n) is 5.05. The minimum Gasteiger partial charge on any atom is -0.463 e. The van der Waals surface area contributed by atoms with E-state index in [0.717, 1.165) is 33.8 Å². The van der Waals surface area contributed by atoms with Crippen molar-refractivity contribution < 1.29 is 14.5 Å². The Kier molecular flexibility index (Phi) is 7.12. The number of non-ortho nitro benzene ring substituents is 1. The molecule has 0 saturated heterocycles. The van der Waals surface area contributed by atoms with Gasteiger partial charge >= 0.3 is 5.97 Å². The zero-order valence-electron chi connectivity index (χ0n) is 22.8. The Morgan fingerprint density at radius 1 is 1.10 bits per heavy atom. The molecule has 1 aliphatic rings. The molecule has 4 aromatic rings. The minimum atomic E-state index is -0.661. The van der Waals surface area contributed by atoms with Gasteiger partial charge in [0.05, 0.1) is 33.4 Å². The average molecular weight is 557 g/mol. The van der Waals surface area contributed by atoms with Crippen LogP contribution >= 0.6 is 11.3 Å². The second kappa shape index (κ2) is 10.5. The minimum absolute atomic E-state index is 0.0214. The summed E-state index contributed by atoms with van der Waals surface area (Å²) in [7, 11) is 0. The Labute approximate surface area is 234 Å². The third-order valence-electron chi connectivity index (χ3n) is 6.99. The first-order valence-corrected chi connectivity index (χ1v) is 13.6. The number of hydrogen-bond acceptors (Lipinski definition) is 7. The van der Waals surface area contributed by atoms with Crippen LogP contribution in [0.4, 0.5) is 5.69 Å². The van der Waals surface area contributed by atoms with Crippen LogP contribution in [0.15, 0.2) is 75.7 Å². The average Bonchev–Trinajstić information content (AvgIpc) is 3.37. The molecule has 0 radical (unpaired) electrons. The van der Waals surface area contributed by atoms with Crippen LogP contribution < -0.4 is 14.9 Å². The first kappa shape index (κ1) is 27.0. The lowest BCUT2D eigenvalue weighted by Gasteiger charge is -2.24. The highest BCUT2D eigenvalue weighted by atomic mass is 32.1. The molecule has 2 aromatic heterocycles. The van der Waals surface area contributed by atoms with Crippen molar-refractivity contribution in [3.63, 3.8) is 0 Å². The number of thiazole rings is 1. The van der Waals surface area contributed by atoms with Crippen LogP contribution in [0.3, 0.4) is 0 Å². The summed E-state index contributed by atoms with van der Waals surface area (Å²) < 4.78 is 9.42. The first-order valence-electron chi connectivity index (χ1n) is 12.8. The van der Waals surface area contributed by atoms with Gasteiger partial charge in [0.2, 0.25) is 0 Å². The van der Waals surface area contributed by atoms with E-state index in [1.54, 1.807) is 30.5 Å². The number of carbonyl (C=O) groups is 1. The van der Waals surface area contributed by atoms with Crippen LogP contribution in [0, 0.1) is 30.9 Å². The third kappa shape index (κ3) is 4.71. The molecule has 0 unspecified atom stereocenters. The molecule has 10 heteroatoms. The smallest absolute Gasteiger partial charge is 0.338 e. The second-order valence-corrected chi connectivity index (χ2v) is 10.7. The fourth-order valence-corrected chi connectivity index (χ4v) is 6.09. The number of aryl methyl sites for hydroxylation is 2. The summed E-state index contributed by atoms with van der Waals surface area (Å²) >= 11 is 1.27. The number of nitrogens with zero attached hydrogens (tertiary/aromatic N) is 4. The van der Waals surface area contributed by atoms with Crippen LogP contribution in [-0.2, 0) is 9.53 Å². The summed E-state index contributed by atoms with van der Waals surface area (Å²) in [6.07, 6.45) is 1.84. The summed E-state index contributed by atoms with van der Waals surface area (Å²) in [6.45, 7) is 9.59. The molecule has 2 aromatic carbocycles. The number of rotatable bonds is 6. The fraction of sp³-hybridized carbons (Fsp3) is 0.233. The molecular formula is C30H28N4O5S. The molecule has 9 nitrogen and oxygen atoms in total. The van der Waals surface area contributed by atoms with E-state index in [-0.39, 0.29) is 17.9 Å². The van der Waals surface area contributed by atoms with Crippen LogP contribution in [0.5, 0.6) is 0 Å². The number of allylic oxidation sites excluding steroid dienone is 1. The van der Waals surface area contributed by atoms with Gasteiger partial charge in [0, 0.05) is 29.2 Å². The number of aromatic nitrogens is 2. The number of benzene rings is 2. The van der Waals surface area contributed by atoms with Gasteiger partial charge in [-0.1, -0.05) is 41.2 Å². The molecule has 0 fully saturated rings. The molecule has 5 rings (SSSR count). The van der Waals surface area contributed by atoms with Gasteiger partial charge in [-0.3, -0.25) is 19.5 Å². The van der Waals surface area contributed by atoms with Gasteiger partial charge in [0.1, 0.15) is 0 Å². The van der Waals surface area contributed by atoms with Crippen molar-refractivity contribution >= 4 is 29.1 Å². The van der Waals surface area contributed by atoms with Crippen LogP contribution in [-0.4, -0.2) is 26.6 Å². The van der Waals surface area contributed by atoms with Gasteiger partial charge in [-0.2, -0.15) is 0 Å². The Morgan fingerprint density at radius 3 is 2.40 bits per heavy atom. The highest BCUT2D eigenvalue weighted by molar-refractivity contribution is 7.07. The summed E-state index contributed by atoms with van der Waals surface area (Å²) in [5, 5.41) is 11.1. The molecule has 0 aliphatic carbocycles. The van der Waals surface area contributed by atoms with E-state index in [0.29, 0.717) is 20.6 Å². The van der Waals surface area contributed by atoms with Gasteiger partial charge in [0.25, 0.3) is 11.2 Å². The maximum Gasteiger partial charge on any atom is 0.338 e. The van der Waals surface area contributed by atoms with Crippen molar-refractivity contribution in [1.29, 1.82) is 0 Å². The van der Waals surface area contributed by atoms with E-state index in [4.69, 9.17) is 4.74 Å². The van der Waals surface area contributed by atoms with Crippen LogP contribution in [0.1, 0.15) is 48.0 Å². The van der Waals surface area contributed by atoms with Gasteiger partial charge in [-0.25, -0.2) is 9.79 Å². The number of nitro benzene ring substituents is 1. The van der Waals surface area contributed by atoms with Crippen molar-refractivity contribution in [1.82, 2.24) is 9.13 Å². The van der Waals surface area contributed by atoms with Crippen molar-refractivity contribution in [2.45, 2.75) is 40.7 Å². The molecular weight excluding hydrogens is 528 g/mol. The van der Waals surface area contributed by atoms with Gasteiger partial charge in [0.15, 0.2) is 4.80 Å². The van der Waals surface area contributed by atoms with Gasteiger partial charge in [-0.15, -0.1) is 0 Å². The lowest BCUT2D eigenvalue weighted by atomic mass is 9.95. The van der Waals surface area contributed by atoms with Crippen molar-refractivity contribution in [2.24, 2.45) is 4.99 Å². The number of nitro groups is 1. The summed E-state index contributed by atoms with van der Waals surface area (Å²) in [5.74, 6) is -0.491. The molecule has 3 heterocycles. The van der Waals surface area contributed by atoms with E-state index >= 15 is 0 Å². The zero-order chi connectivity index (χ0) is 28.7. The molecule has 0 spiro atoms. The molecule has 1 atom stereocenters. The lowest BCUT2D eigenvalue weighted by molar-refractivity contribution is -0.384. The zero-order valence-corrected chi connectivity index (χ0v) is 23.6. The quantitative estimate of drug-likeness (QED) is 0.198. The Bertz CT molecular complexity index is 1860. The van der Waals surface area contributed by atoms with Gasteiger partial charge < -0.3 is 9.30 Å². The van der Waals surface area contributed by atoms with E-state index in [2.05, 4.69) is 4.99 Å². The number of ether oxygens (including phenoxy) is 1. The highest BCUT2D eigenvalue weighted by Gasteiger charge is 2.33. The van der Waals surface area contributed by atoms with E-state index in [1.807, 2.05) is 61.7 Å². The Hall–Kier alpha value is -4.57. The molecule has 0 N–H and O–H groups in total. The summed E-state index contributed by atoms with van der Waals surface area (Å²) in [6, 6.07) is 15.4. The molecule has 40 heavy (non-hydrogen) atoms. The molecule has 204 valence electrons. The lowest BCUT2D eigenvalue weighted by Crippen LogP contribution is -2.39. The third-order valence-corrected chi connectivity index (χ3v) is 7.97. The molecule has 0 amide bonds. The highest BCUT2D eigenvalue weighted by Crippen LogP contribution is 2.31. The Balaban J connectivity index is 1.66. The van der Waals surface area contributed by atoms with E-state index in [1.165, 1.54) is 23.5 Å². The molecule has 1 aliphatic heterocycles. The summed E-state index contributed by atoms with van der Waals surface area (Å²) in [5.41, 5.74) is 5.94. The van der Waals surface area contributed by atoms with Crippen LogP contribution in [0.2, 0.25) is 0 Å². The first-order chi connectivity index (χ1) is 19.1. The maximum atomic E-state index is 13.9. The maximum absolute atomic E-state index is 13.9. The molecule has 0 saturated carbocycles. The number of esters is 1. The predicted octanol–water partition coefficient (Wildman–Crippen LogP) is 4.42. The largest absolute Gasteiger partial charge is 0.463 e. The SMILES string of the molecule is CCOC(=O)C1=C(C)N=c2s/c(=C\c3cc(C)n(-c4ccc([N+](=O)[O-])cc4)c3C)c(=O)n2[C@@H]1c1ccc(C)cc1. The van der Waals surface area contributed by atoms with Crippen LogP contribution in [0.25, 0.3) is 11.8 Å². The Morgan fingerprint density at radius 2 is 1.77 bits per heavy atom. The summed E-state index contributed by atoms with van der Waals surface area (Å²) in [4.78, 5) is 42.8. The van der Waals surface area contributed by atoms with Crippen molar-refractivity contribution in [3.8, 4) is 5.69 Å². The van der Waals surface area contributed by atoms with E-state index < -0.39 is 16.9 Å². The normalized spacial score (nSPS) is 15.1. The van der Waals surface area contributed by atoms with Crippen molar-refractivity contribution in [3.05, 3.63) is 124 Å². The standard InChI is InChI=1S/C30H28N4O5S/c1-6-39-29(36)26-19(4)31-30-33(27(26)21-9-7-17(2)8-10-21)28(35)25(40-30)16-22-15-18(3)32(20(22)5)23-11-13-24(14-12-23)34(37)38/h7-16,27H,6H2,1-5H3/b25-16-/t27-/m1/s1. The monoisotopic (exact) mass is 556 g/mol. The number of hydrogen-bond donors (Lipinski definition) is 0. The van der Waals surface area contributed by atoms with Crippen molar-refractivity contribution in [2.75, 3.05) is 6.61 Å².